The Balaban J connectivity index is 1.60. The molecule has 1 heterocycles. The third-order valence-corrected chi connectivity index (χ3v) is 5.92. The van der Waals surface area contributed by atoms with Crippen molar-refractivity contribution in [1.29, 1.82) is 0 Å². The Morgan fingerprint density at radius 2 is 1.96 bits per heavy atom. The van der Waals surface area contributed by atoms with E-state index in [4.69, 9.17) is 21.7 Å². The summed E-state index contributed by atoms with van der Waals surface area (Å²) in [6, 6.07) is 13.2. The Hall–Kier alpha value is -2.36. The number of benzene rings is 2. The molecule has 0 amide bonds. The van der Waals surface area contributed by atoms with Crippen molar-refractivity contribution in [3.63, 3.8) is 0 Å². The molecule has 1 unspecified atom stereocenters. The molecule has 1 aliphatic rings. The molecule has 2 aromatic carbocycles. The lowest BCUT2D eigenvalue weighted by Gasteiger charge is -2.14. The van der Waals surface area contributed by atoms with Crippen LogP contribution in [-0.4, -0.2) is 39.9 Å². The highest BCUT2D eigenvalue weighted by Gasteiger charge is 2.17. The van der Waals surface area contributed by atoms with E-state index in [2.05, 4.69) is 15.4 Å². The molecular formula is C19H23N3O4S2. The lowest BCUT2D eigenvalue weighted by Crippen LogP contribution is -2.34. The van der Waals surface area contributed by atoms with Crippen molar-refractivity contribution < 1.29 is 17.9 Å². The van der Waals surface area contributed by atoms with Crippen LogP contribution in [0.25, 0.3) is 0 Å². The average molecular weight is 422 g/mol. The molecule has 3 N–H and O–H groups in total. The first-order valence-corrected chi connectivity index (χ1v) is 10.8. The van der Waals surface area contributed by atoms with Gasteiger partial charge in [0.15, 0.2) is 5.11 Å². The molecule has 2 aromatic rings. The monoisotopic (exact) mass is 421 g/mol. The van der Waals surface area contributed by atoms with Crippen LogP contribution in [0.2, 0.25) is 0 Å². The van der Waals surface area contributed by atoms with Crippen molar-refractivity contribution in [3.05, 3.63) is 48.5 Å². The topological polar surface area (TPSA) is 88.7 Å². The van der Waals surface area contributed by atoms with Crippen LogP contribution in [0.4, 0.5) is 11.4 Å². The van der Waals surface area contributed by atoms with Crippen molar-refractivity contribution in [1.82, 2.24) is 5.32 Å². The Labute approximate surface area is 170 Å². The molecule has 0 aliphatic carbocycles. The molecule has 9 heteroatoms. The lowest BCUT2D eigenvalue weighted by molar-refractivity contribution is 0.114. The summed E-state index contributed by atoms with van der Waals surface area (Å²) in [5.41, 5.74) is 1.08. The van der Waals surface area contributed by atoms with Crippen LogP contribution in [0.15, 0.2) is 53.4 Å². The van der Waals surface area contributed by atoms with E-state index in [1.165, 1.54) is 19.2 Å². The molecule has 0 aromatic heterocycles. The normalized spacial score (nSPS) is 16.4. The van der Waals surface area contributed by atoms with Crippen LogP contribution in [-0.2, 0) is 14.8 Å². The maximum Gasteiger partial charge on any atom is 0.262 e. The highest BCUT2D eigenvalue weighted by Crippen LogP contribution is 2.26. The van der Waals surface area contributed by atoms with Crippen molar-refractivity contribution in [2.45, 2.75) is 23.8 Å². The molecule has 0 radical (unpaired) electrons. The maximum absolute atomic E-state index is 12.6. The van der Waals surface area contributed by atoms with Gasteiger partial charge in [0, 0.05) is 18.8 Å². The number of thiocarbonyl (C=S) groups is 1. The quantitative estimate of drug-likeness (QED) is 0.592. The number of ether oxygens (including phenoxy) is 2. The molecule has 1 aliphatic heterocycles. The molecule has 1 fully saturated rings. The summed E-state index contributed by atoms with van der Waals surface area (Å²) in [4.78, 5) is 0.141. The van der Waals surface area contributed by atoms with Crippen LogP contribution in [0.1, 0.15) is 12.8 Å². The van der Waals surface area contributed by atoms with Crippen LogP contribution >= 0.6 is 12.2 Å². The Morgan fingerprint density at radius 3 is 2.64 bits per heavy atom. The molecule has 1 atom stereocenters. The van der Waals surface area contributed by atoms with E-state index in [1.807, 2.05) is 0 Å². The van der Waals surface area contributed by atoms with E-state index >= 15 is 0 Å². The largest absolute Gasteiger partial charge is 0.495 e. The van der Waals surface area contributed by atoms with Crippen LogP contribution in [0.5, 0.6) is 5.75 Å². The Kier molecular flexibility index (Phi) is 6.71. The summed E-state index contributed by atoms with van der Waals surface area (Å²) in [5, 5.41) is 6.63. The van der Waals surface area contributed by atoms with E-state index in [1.54, 1.807) is 36.4 Å². The van der Waals surface area contributed by atoms with Gasteiger partial charge in [0.05, 0.1) is 23.8 Å². The van der Waals surface area contributed by atoms with Crippen molar-refractivity contribution in [2.75, 3.05) is 30.3 Å². The second-order valence-electron chi connectivity index (χ2n) is 6.30. The number of para-hydroxylation sites is 2. The van der Waals surface area contributed by atoms with E-state index < -0.39 is 10.0 Å². The van der Waals surface area contributed by atoms with Gasteiger partial charge in [-0.3, -0.25) is 4.72 Å². The number of nitrogens with one attached hydrogen (secondary N) is 3. The number of sulfonamides is 1. The first-order valence-electron chi connectivity index (χ1n) is 8.90. The fourth-order valence-electron chi connectivity index (χ4n) is 2.84. The highest BCUT2D eigenvalue weighted by molar-refractivity contribution is 7.92. The average Bonchev–Trinajstić information content (AvgIpc) is 3.21. The zero-order chi connectivity index (χ0) is 20.0. The molecule has 0 spiro atoms. The zero-order valence-electron chi connectivity index (χ0n) is 15.5. The minimum Gasteiger partial charge on any atom is -0.495 e. The summed E-state index contributed by atoms with van der Waals surface area (Å²) in [6.45, 7) is 1.45. The second-order valence-corrected chi connectivity index (χ2v) is 8.39. The van der Waals surface area contributed by atoms with Crippen LogP contribution in [0.3, 0.4) is 0 Å². The van der Waals surface area contributed by atoms with Crippen LogP contribution in [0, 0.1) is 0 Å². The van der Waals surface area contributed by atoms with Gasteiger partial charge in [-0.2, -0.15) is 0 Å². The number of anilines is 2. The number of rotatable bonds is 7. The predicted molar refractivity (Wildman–Crippen MR) is 113 cm³/mol. The predicted octanol–water partition coefficient (Wildman–Crippen LogP) is 2.96. The van der Waals surface area contributed by atoms with Crippen molar-refractivity contribution in [3.8, 4) is 5.75 Å². The zero-order valence-corrected chi connectivity index (χ0v) is 17.1. The number of hydrogen-bond donors (Lipinski definition) is 3. The van der Waals surface area contributed by atoms with Gasteiger partial charge in [0.1, 0.15) is 5.75 Å². The summed E-state index contributed by atoms with van der Waals surface area (Å²) < 4.78 is 38.5. The third kappa shape index (κ3) is 5.34. The van der Waals surface area contributed by atoms with Crippen molar-refractivity contribution >= 4 is 38.7 Å². The van der Waals surface area contributed by atoms with Crippen LogP contribution < -0.4 is 20.1 Å². The summed E-state index contributed by atoms with van der Waals surface area (Å²) in [5.74, 6) is 0.451. The molecule has 28 heavy (non-hydrogen) atoms. The van der Waals surface area contributed by atoms with E-state index in [0.29, 0.717) is 28.8 Å². The number of hydrogen-bond acceptors (Lipinski definition) is 5. The van der Waals surface area contributed by atoms with Gasteiger partial charge in [-0.1, -0.05) is 12.1 Å². The molecule has 0 bridgehead atoms. The van der Waals surface area contributed by atoms with E-state index in [0.717, 1.165) is 19.4 Å². The lowest BCUT2D eigenvalue weighted by atomic mass is 10.2. The molecule has 0 saturated carbocycles. The second kappa shape index (κ2) is 9.22. The van der Waals surface area contributed by atoms with Gasteiger partial charge in [-0.05, 0) is 61.5 Å². The van der Waals surface area contributed by atoms with Crippen molar-refractivity contribution in [2.24, 2.45) is 0 Å². The van der Waals surface area contributed by atoms with Gasteiger partial charge in [0.2, 0.25) is 0 Å². The molecule has 150 valence electrons. The first kappa shape index (κ1) is 20.4. The summed E-state index contributed by atoms with van der Waals surface area (Å²) >= 11 is 5.27. The van der Waals surface area contributed by atoms with Gasteiger partial charge in [0.25, 0.3) is 10.0 Å². The highest BCUT2D eigenvalue weighted by atomic mass is 32.2. The Bertz CT molecular complexity index is 911. The number of methoxy groups -OCH3 is 1. The Morgan fingerprint density at radius 1 is 1.21 bits per heavy atom. The molecule has 7 nitrogen and oxygen atoms in total. The fourth-order valence-corrected chi connectivity index (χ4v) is 4.11. The summed E-state index contributed by atoms with van der Waals surface area (Å²) in [7, 11) is -2.25. The van der Waals surface area contributed by atoms with Gasteiger partial charge in [-0.15, -0.1) is 0 Å². The summed E-state index contributed by atoms with van der Waals surface area (Å²) in [6.07, 6.45) is 2.29. The fraction of sp³-hybridized carbons (Fsp3) is 0.316. The smallest absolute Gasteiger partial charge is 0.262 e. The van der Waals surface area contributed by atoms with Gasteiger partial charge >= 0.3 is 0 Å². The first-order chi connectivity index (χ1) is 13.5. The SMILES string of the molecule is COc1ccccc1NS(=O)(=O)c1ccc(NC(=S)NCC2CCCO2)cc1. The maximum atomic E-state index is 12.6. The third-order valence-electron chi connectivity index (χ3n) is 4.29. The van der Waals surface area contributed by atoms with Gasteiger partial charge in [-0.25, -0.2) is 8.42 Å². The minimum atomic E-state index is -3.74. The molecule has 1 saturated heterocycles. The minimum absolute atomic E-state index is 0.141. The van der Waals surface area contributed by atoms with E-state index in [9.17, 15) is 8.42 Å². The standard InChI is InChI=1S/C19H23N3O4S2/c1-25-18-7-3-2-6-17(18)22-28(23,24)16-10-8-14(9-11-16)21-19(27)20-13-15-5-4-12-26-15/h2-3,6-11,15,22H,4-5,12-13H2,1H3,(H2,20,21,27). The van der Waals surface area contributed by atoms with Gasteiger partial charge < -0.3 is 20.1 Å². The molecular weight excluding hydrogens is 398 g/mol. The van der Waals surface area contributed by atoms with E-state index in [-0.39, 0.29) is 11.0 Å². The molecule has 3 rings (SSSR count).